The molecule has 112 valence electrons. The van der Waals surface area contributed by atoms with Crippen molar-refractivity contribution in [1.82, 2.24) is 0 Å². The van der Waals surface area contributed by atoms with Crippen LogP contribution in [0.25, 0.3) is 0 Å². The molecule has 0 heterocycles. The summed E-state index contributed by atoms with van der Waals surface area (Å²) in [7, 11) is 0. The van der Waals surface area contributed by atoms with Crippen LogP contribution in [0, 0.1) is 0 Å². The van der Waals surface area contributed by atoms with E-state index in [0.29, 0.717) is 0 Å². The lowest BCUT2D eigenvalue weighted by molar-refractivity contribution is 0.114. The first kappa shape index (κ1) is 15.5. The molecule has 0 unspecified atom stereocenters. The smallest absolute Gasteiger partial charge is 0.119 e. The van der Waals surface area contributed by atoms with Gasteiger partial charge in [0.05, 0.1) is 0 Å². The van der Waals surface area contributed by atoms with Crippen molar-refractivity contribution >= 4 is 0 Å². The van der Waals surface area contributed by atoms with Gasteiger partial charge in [0, 0.05) is 12.0 Å². The number of benzene rings is 2. The highest BCUT2D eigenvalue weighted by Gasteiger charge is 2.22. The molecule has 3 heteroatoms. The Morgan fingerprint density at radius 1 is 1.00 bits per heavy atom. The van der Waals surface area contributed by atoms with Crippen molar-refractivity contribution in [1.29, 1.82) is 0 Å². The van der Waals surface area contributed by atoms with E-state index in [9.17, 15) is 5.11 Å². The van der Waals surface area contributed by atoms with E-state index in [1.165, 1.54) is 11.1 Å². The number of hydrogen-bond acceptors (Lipinski definition) is 3. The number of nitrogens with two attached hydrogens (primary N) is 1. The first-order chi connectivity index (χ1) is 10.0. The molecular weight excluding hydrogens is 262 g/mol. The molecule has 0 spiro atoms. The quantitative estimate of drug-likeness (QED) is 0.858. The Morgan fingerprint density at radius 3 is 2.14 bits per heavy atom. The summed E-state index contributed by atoms with van der Waals surface area (Å²) in [5.41, 5.74) is 7.79. The molecule has 0 radical (unpaired) electrons. The summed E-state index contributed by atoms with van der Waals surface area (Å²) in [6.45, 7) is 4.84. The fourth-order valence-electron chi connectivity index (χ4n) is 2.25. The van der Waals surface area contributed by atoms with Gasteiger partial charge in [-0.25, -0.2) is 0 Å². The fourth-order valence-corrected chi connectivity index (χ4v) is 2.25. The van der Waals surface area contributed by atoms with E-state index in [1.807, 2.05) is 18.2 Å². The number of ether oxygens (including phenoxy) is 1. The molecule has 0 aliphatic rings. The van der Waals surface area contributed by atoms with Crippen molar-refractivity contribution < 1.29 is 9.84 Å². The third-order valence-corrected chi connectivity index (χ3v) is 3.79. The molecule has 0 aromatic heterocycles. The van der Waals surface area contributed by atoms with Crippen LogP contribution in [-0.4, -0.2) is 24.4 Å². The van der Waals surface area contributed by atoms with Crippen molar-refractivity contribution in [3.63, 3.8) is 0 Å². The molecular formula is C18H23NO2. The fraction of sp³-hybridized carbons (Fsp3) is 0.333. The normalized spacial score (nSPS) is 13.0. The summed E-state index contributed by atoms with van der Waals surface area (Å²) in [5, 5.41) is 9.40. The largest absolute Gasteiger partial charge is 0.491 e. The van der Waals surface area contributed by atoms with E-state index in [1.54, 1.807) is 0 Å². The van der Waals surface area contributed by atoms with Crippen LogP contribution in [0.3, 0.4) is 0 Å². The van der Waals surface area contributed by atoms with Gasteiger partial charge in [0.15, 0.2) is 0 Å². The zero-order valence-electron chi connectivity index (χ0n) is 12.6. The van der Waals surface area contributed by atoms with Crippen LogP contribution in [0.5, 0.6) is 5.75 Å². The van der Waals surface area contributed by atoms with Gasteiger partial charge in [0.1, 0.15) is 18.5 Å². The van der Waals surface area contributed by atoms with Crippen LogP contribution in [0.4, 0.5) is 0 Å². The first-order valence-electron chi connectivity index (χ1n) is 7.21. The van der Waals surface area contributed by atoms with Crippen molar-refractivity contribution in [3.05, 3.63) is 65.7 Å². The Hall–Kier alpha value is -1.84. The second-order valence-corrected chi connectivity index (χ2v) is 5.72. The van der Waals surface area contributed by atoms with E-state index in [-0.39, 0.29) is 18.6 Å². The highest BCUT2D eigenvalue weighted by Crippen LogP contribution is 2.32. The number of aliphatic hydroxyl groups is 1. The lowest BCUT2D eigenvalue weighted by atomic mass is 9.78. The van der Waals surface area contributed by atoms with Gasteiger partial charge in [0.2, 0.25) is 0 Å². The van der Waals surface area contributed by atoms with Gasteiger partial charge in [-0.2, -0.15) is 0 Å². The van der Waals surface area contributed by atoms with Crippen LogP contribution in [0.2, 0.25) is 0 Å². The number of aliphatic hydroxyl groups excluding tert-OH is 1. The summed E-state index contributed by atoms with van der Waals surface area (Å²) < 4.78 is 5.50. The summed E-state index contributed by atoms with van der Waals surface area (Å²) in [6.07, 6.45) is -0.620. The minimum atomic E-state index is -0.620. The monoisotopic (exact) mass is 285 g/mol. The standard InChI is InChI=1S/C18H23NO2/c1-18(2,14-6-4-3-5-7-14)15-8-10-17(11-9-15)21-13-16(20)12-19/h3-11,16,20H,12-13,19H2,1-2H3/t16-/m0/s1. The molecule has 2 aromatic carbocycles. The highest BCUT2D eigenvalue weighted by molar-refractivity contribution is 5.39. The van der Waals surface area contributed by atoms with Crippen LogP contribution in [-0.2, 0) is 5.41 Å². The Labute approximate surface area is 126 Å². The van der Waals surface area contributed by atoms with Crippen molar-refractivity contribution in [3.8, 4) is 5.75 Å². The molecule has 0 saturated carbocycles. The maximum Gasteiger partial charge on any atom is 0.119 e. The molecule has 1 atom stereocenters. The molecule has 2 rings (SSSR count). The predicted octanol–water partition coefficient (Wildman–Crippen LogP) is 2.71. The average Bonchev–Trinajstić information content (AvgIpc) is 2.53. The predicted molar refractivity (Wildman–Crippen MR) is 85.6 cm³/mol. The molecule has 2 aromatic rings. The molecule has 0 amide bonds. The SMILES string of the molecule is CC(C)(c1ccccc1)c1ccc(OC[C@@H](O)CN)cc1. The summed E-state index contributed by atoms with van der Waals surface area (Å²) in [4.78, 5) is 0. The van der Waals surface area contributed by atoms with Gasteiger partial charge in [-0.05, 0) is 23.3 Å². The van der Waals surface area contributed by atoms with Crippen LogP contribution < -0.4 is 10.5 Å². The average molecular weight is 285 g/mol. The van der Waals surface area contributed by atoms with Gasteiger partial charge < -0.3 is 15.6 Å². The van der Waals surface area contributed by atoms with Crippen molar-refractivity contribution in [2.45, 2.75) is 25.4 Å². The summed E-state index contributed by atoms with van der Waals surface area (Å²) in [6, 6.07) is 18.4. The highest BCUT2D eigenvalue weighted by atomic mass is 16.5. The van der Waals surface area contributed by atoms with E-state index in [2.05, 4.69) is 50.2 Å². The molecule has 0 aliphatic carbocycles. The first-order valence-corrected chi connectivity index (χ1v) is 7.21. The summed E-state index contributed by atoms with van der Waals surface area (Å²) in [5.74, 6) is 0.745. The minimum Gasteiger partial charge on any atom is -0.491 e. The lowest BCUT2D eigenvalue weighted by Crippen LogP contribution is -2.26. The summed E-state index contributed by atoms with van der Waals surface area (Å²) >= 11 is 0. The Balaban J connectivity index is 2.11. The Bertz CT molecular complexity index is 549. The van der Waals surface area contributed by atoms with Gasteiger partial charge in [0.25, 0.3) is 0 Å². The maximum atomic E-state index is 9.40. The number of hydrogen-bond donors (Lipinski definition) is 2. The molecule has 3 N–H and O–H groups in total. The van der Waals surface area contributed by atoms with E-state index >= 15 is 0 Å². The van der Waals surface area contributed by atoms with E-state index in [0.717, 1.165) is 5.75 Å². The molecule has 0 fully saturated rings. The number of rotatable bonds is 6. The van der Waals surface area contributed by atoms with Crippen LogP contribution in [0.15, 0.2) is 54.6 Å². The van der Waals surface area contributed by atoms with Gasteiger partial charge in [-0.15, -0.1) is 0 Å². The van der Waals surface area contributed by atoms with Gasteiger partial charge >= 0.3 is 0 Å². The van der Waals surface area contributed by atoms with Crippen LogP contribution >= 0.6 is 0 Å². The second kappa shape index (κ2) is 6.74. The molecule has 0 aliphatic heterocycles. The second-order valence-electron chi connectivity index (χ2n) is 5.72. The minimum absolute atomic E-state index is 0.0590. The Kier molecular flexibility index (Phi) is 4.99. The van der Waals surface area contributed by atoms with Crippen molar-refractivity contribution in [2.75, 3.05) is 13.2 Å². The van der Waals surface area contributed by atoms with Crippen molar-refractivity contribution in [2.24, 2.45) is 5.73 Å². The third-order valence-electron chi connectivity index (χ3n) is 3.79. The van der Waals surface area contributed by atoms with E-state index < -0.39 is 6.10 Å². The van der Waals surface area contributed by atoms with Gasteiger partial charge in [-0.3, -0.25) is 0 Å². The molecule has 0 bridgehead atoms. The molecule has 3 nitrogen and oxygen atoms in total. The Morgan fingerprint density at radius 2 is 1.57 bits per heavy atom. The molecule has 0 saturated heterocycles. The molecule has 21 heavy (non-hydrogen) atoms. The third kappa shape index (κ3) is 3.84. The maximum absolute atomic E-state index is 9.40. The topological polar surface area (TPSA) is 55.5 Å². The van der Waals surface area contributed by atoms with Gasteiger partial charge in [-0.1, -0.05) is 56.3 Å². The van der Waals surface area contributed by atoms with E-state index in [4.69, 9.17) is 10.5 Å². The zero-order chi connectivity index (χ0) is 15.3. The zero-order valence-corrected chi connectivity index (χ0v) is 12.6. The lowest BCUT2D eigenvalue weighted by Gasteiger charge is -2.26. The van der Waals surface area contributed by atoms with Crippen LogP contribution in [0.1, 0.15) is 25.0 Å².